The number of methoxy groups -OCH3 is 1. The van der Waals surface area contributed by atoms with Crippen LogP contribution in [0.1, 0.15) is 36.2 Å². The Hall–Kier alpha value is -1.96. The summed E-state index contributed by atoms with van der Waals surface area (Å²) >= 11 is 0. The highest BCUT2D eigenvalue weighted by Gasteiger charge is 2.30. The lowest BCUT2D eigenvalue weighted by Gasteiger charge is -2.24. The summed E-state index contributed by atoms with van der Waals surface area (Å²) < 4.78 is 16.1. The molecular formula is C18H25N3O4. The number of aliphatic hydroxyl groups excluding tert-OH is 1. The predicted molar refractivity (Wildman–Crippen MR) is 91.2 cm³/mol. The number of hydrogen-bond donors (Lipinski definition) is 1. The van der Waals surface area contributed by atoms with E-state index in [1.165, 1.54) is 0 Å². The fraction of sp³-hybridized carbons (Fsp3) is 0.556. The molecule has 1 N–H and O–H groups in total. The van der Waals surface area contributed by atoms with Crippen LogP contribution in [0.15, 0.2) is 28.8 Å². The van der Waals surface area contributed by atoms with Gasteiger partial charge in [-0.1, -0.05) is 23.4 Å². The number of likely N-dealkylation sites (tertiary alicyclic amines) is 1. The second kappa shape index (κ2) is 8.42. The van der Waals surface area contributed by atoms with Gasteiger partial charge in [-0.25, -0.2) is 0 Å². The molecule has 1 aliphatic heterocycles. The topological polar surface area (TPSA) is 80.9 Å². The first-order valence-electron chi connectivity index (χ1n) is 8.59. The Morgan fingerprint density at radius 1 is 1.40 bits per heavy atom. The minimum absolute atomic E-state index is 0.112. The molecule has 0 saturated carbocycles. The van der Waals surface area contributed by atoms with E-state index < -0.39 is 6.10 Å². The fourth-order valence-electron chi connectivity index (χ4n) is 3.24. The third kappa shape index (κ3) is 4.56. The van der Waals surface area contributed by atoms with Crippen LogP contribution < -0.4 is 4.74 Å². The summed E-state index contributed by atoms with van der Waals surface area (Å²) in [6.45, 7) is 3.92. The van der Waals surface area contributed by atoms with E-state index >= 15 is 0 Å². The number of aryl methyl sites for hydroxylation is 1. The molecule has 0 spiro atoms. The number of ether oxygens (including phenoxy) is 2. The van der Waals surface area contributed by atoms with Gasteiger partial charge in [0.1, 0.15) is 5.75 Å². The van der Waals surface area contributed by atoms with Crippen molar-refractivity contribution in [3.63, 3.8) is 0 Å². The van der Waals surface area contributed by atoms with Crippen molar-refractivity contribution in [2.75, 3.05) is 26.8 Å². The van der Waals surface area contributed by atoms with E-state index in [1.54, 1.807) is 14.0 Å². The summed E-state index contributed by atoms with van der Waals surface area (Å²) in [5, 5.41) is 14.3. The molecule has 136 valence electrons. The molecule has 0 aliphatic carbocycles. The Bertz CT molecular complexity index is 676. The molecule has 1 aromatic heterocycles. The molecule has 7 heteroatoms. The molecule has 2 aromatic rings. The average molecular weight is 347 g/mol. The van der Waals surface area contributed by atoms with Crippen LogP contribution in [0.2, 0.25) is 0 Å². The van der Waals surface area contributed by atoms with Gasteiger partial charge in [-0.15, -0.1) is 0 Å². The standard InChI is InChI=1S/C18H25N3O4/c1-13-19-18(20-25-13)16-7-5-9-21(16)10-15(22)12-24-11-14-6-3-4-8-17(14)23-2/h3-4,6,8,15-16,22H,5,7,9-12H2,1-2H3/t15-,16+/m1/s1. The monoisotopic (exact) mass is 347 g/mol. The van der Waals surface area contributed by atoms with Gasteiger partial charge in [0, 0.05) is 19.0 Å². The van der Waals surface area contributed by atoms with Gasteiger partial charge in [-0.3, -0.25) is 4.90 Å². The maximum Gasteiger partial charge on any atom is 0.223 e. The summed E-state index contributed by atoms with van der Waals surface area (Å²) in [7, 11) is 1.64. The second-order valence-corrected chi connectivity index (χ2v) is 6.31. The first-order valence-corrected chi connectivity index (χ1v) is 8.59. The highest BCUT2D eigenvalue weighted by atomic mass is 16.5. The Morgan fingerprint density at radius 2 is 2.24 bits per heavy atom. The van der Waals surface area contributed by atoms with E-state index in [0.29, 0.717) is 24.9 Å². The number of nitrogens with zero attached hydrogens (tertiary/aromatic N) is 3. The van der Waals surface area contributed by atoms with Crippen LogP contribution in [0.25, 0.3) is 0 Å². The number of hydrogen-bond acceptors (Lipinski definition) is 7. The maximum absolute atomic E-state index is 10.3. The molecular weight excluding hydrogens is 322 g/mol. The molecule has 7 nitrogen and oxygen atoms in total. The first-order chi connectivity index (χ1) is 12.2. The normalized spacial score (nSPS) is 19.2. The van der Waals surface area contributed by atoms with Crippen molar-refractivity contribution in [3.8, 4) is 5.75 Å². The zero-order valence-corrected chi connectivity index (χ0v) is 14.7. The highest BCUT2D eigenvalue weighted by molar-refractivity contribution is 5.32. The molecule has 1 fully saturated rings. The fourth-order valence-corrected chi connectivity index (χ4v) is 3.24. The molecule has 1 aliphatic rings. The zero-order valence-electron chi connectivity index (χ0n) is 14.7. The summed E-state index contributed by atoms with van der Waals surface area (Å²) in [5.74, 6) is 2.07. The van der Waals surface area contributed by atoms with Crippen molar-refractivity contribution in [3.05, 3.63) is 41.5 Å². The number of aliphatic hydroxyl groups is 1. The summed E-state index contributed by atoms with van der Waals surface area (Å²) in [4.78, 5) is 6.52. The van der Waals surface area contributed by atoms with E-state index in [4.69, 9.17) is 14.0 Å². The van der Waals surface area contributed by atoms with Gasteiger partial charge in [-0.2, -0.15) is 4.98 Å². The molecule has 0 bridgehead atoms. The van der Waals surface area contributed by atoms with Gasteiger partial charge in [0.05, 0.1) is 32.5 Å². The first kappa shape index (κ1) is 17.8. The van der Waals surface area contributed by atoms with Gasteiger partial charge < -0.3 is 19.1 Å². The summed E-state index contributed by atoms with van der Waals surface area (Å²) in [5.41, 5.74) is 0.971. The lowest BCUT2D eigenvalue weighted by atomic mass is 10.2. The van der Waals surface area contributed by atoms with Gasteiger partial charge >= 0.3 is 0 Å². The van der Waals surface area contributed by atoms with Crippen LogP contribution in [-0.2, 0) is 11.3 Å². The lowest BCUT2D eigenvalue weighted by molar-refractivity contribution is 0.00664. The van der Waals surface area contributed by atoms with Gasteiger partial charge in [0.15, 0.2) is 5.82 Å². The summed E-state index contributed by atoms with van der Waals surface area (Å²) in [6.07, 6.45) is 1.48. The third-order valence-electron chi connectivity index (χ3n) is 4.41. The molecule has 1 aromatic carbocycles. The zero-order chi connectivity index (χ0) is 17.6. The Balaban J connectivity index is 1.48. The molecule has 1 saturated heterocycles. The Labute approximate surface area is 147 Å². The molecule has 25 heavy (non-hydrogen) atoms. The average Bonchev–Trinajstić information content (AvgIpc) is 3.24. The van der Waals surface area contributed by atoms with Crippen LogP contribution in [0, 0.1) is 6.92 Å². The van der Waals surface area contributed by atoms with Crippen molar-refractivity contribution in [2.24, 2.45) is 0 Å². The number of aromatic nitrogens is 2. The van der Waals surface area contributed by atoms with Crippen LogP contribution in [0.5, 0.6) is 5.75 Å². The van der Waals surface area contributed by atoms with Crippen molar-refractivity contribution >= 4 is 0 Å². The molecule has 3 rings (SSSR count). The van der Waals surface area contributed by atoms with Gasteiger partial charge in [0.2, 0.25) is 5.89 Å². The molecule has 0 amide bonds. The Morgan fingerprint density at radius 3 is 3.00 bits per heavy atom. The van der Waals surface area contributed by atoms with Crippen LogP contribution in [0.4, 0.5) is 0 Å². The highest BCUT2D eigenvalue weighted by Crippen LogP contribution is 2.30. The smallest absolute Gasteiger partial charge is 0.223 e. The van der Waals surface area contributed by atoms with Crippen LogP contribution >= 0.6 is 0 Å². The van der Waals surface area contributed by atoms with Crippen LogP contribution in [-0.4, -0.2) is 53.1 Å². The largest absolute Gasteiger partial charge is 0.496 e. The van der Waals surface area contributed by atoms with E-state index in [0.717, 1.165) is 30.7 Å². The van der Waals surface area contributed by atoms with Crippen molar-refractivity contribution in [2.45, 2.75) is 38.5 Å². The number of benzene rings is 1. The quantitative estimate of drug-likeness (QED) is 0.783. The molecule has 0 unspecified atom stereocenters. The lowest BCUT2D eigenvalue weighted by Crippen LogP contribution is -2.35. The SMILES string of the molecule is COc1ccccc1COC[C@H](O)CN1CCC[C@H]1c1noc(C)n1. The predicted octanol–water partition coefficient (Wildman–Crippen LogP) is 2.10. The minimum atomic E-state index is -0.566. The van der Waals surface area contributed by atoms with Gasteiger partial charge in [-0.05, 0) is 25.5 Å². The second-order valence-electron chi connectivity index (χ2n) is 6.31. The van der Waals surface area contributed by atoms with Gasteiger partial charge in [0.25, 0.3) is 0 Å². The van der Waals surface area contributed by atoms with E-state index in [-0.39, 0.29) is 12.6 Å². The molecule has 2 heterocycles. The maximum atomic E-state index is 10.3. The molecule has 0 radical (unpaired) electrons. The van der Waals surface area contributed by atoms with E-state index in [9.17, 15) is 5.11 Å². The van der Waals surface area contributed by atoms with E-state index in [1.807, 2.05) is 24.3 Å². The van der Waals surface area contributed by atoms with Crippen molar-refractivity contribution in [1.29, 1.82) is 0 Å². The summed E-state index contributed by atoms with van der Waals surface area (Å²) in [6, 6.07) is 7.84. The molecule has 2 atom stereocenters. The van der Waals surface area contributed by atoms with E-state index in [2.05, 4.69) is 15.0 Å². The van der Waals surface area contributed by atoms with Crippen LogP contribution in [0.3, 0.4) is 0 Å². The van der Waals surface area contributed by atoms with Crippen molar-refractivity contribution in [1.82, 2.24) is 15.0 Å². The minimum Gasteiger partial charge on any atom is -0.496 e. The Kier molecular flexibility index (Phi) is 6.01. The van der Waals surface area contributed by atoms with Crippen molar-refractivity contribution < 1.29 is 19.1 Å². The third-order valence-corrected chi connectivity index (χ3v) is 4.41. The number of β-amino-alcohol motifs (C(OH)–C–C–N with tert-alkyl or cyclic N) is 1. The number of rotatable bonds is 8. The number of para-hydroxylation sites is 1.